The average molecular weight is 1400 g/mol. The first kappa shape index (κ1) is 66.2. The van der Waals surface area contributed by atoms with Gasteiger partial charge < -0.3 is 0 Å². The van der Waals surface area contributed by atoms with Crippen LogP contribution < -0.4 is 0 Å². The van der Waals surface area contributed by atoms with Crippen LogP contribution in [0.4, 0.5) is 0 Å². The van der Waals surface area contributed by atoms with Gasteiger partial charge in [-0.05, 0) is 165 Å². The standard InChI is InChI=1S/2C52H35N3/c1-4-14-35(15-5-1)40-20-10-22-42(32-40)45-25-13-27-47-46-26-12-24-44(48(46)34-49(45)47)37-28-30-39(31-29-37)51-53-50(38-18-8-3-9-19-38)54-52(55-51)43-23-11-21-41(33-43)36-16-6-2-7-17-36;1-4-13-35(14-5-1)37-25-29-40(30-26-37)51-53-50(39-17-8-3-9-18-39)54-52(55-51)41-31-27-38(28-32-41)44-21-11-23-46-47-24-12-22-45(49(47)34-48(44)46)43-20-10-19-42(33-43)36-15-6-2-7-16-36/h2*1-33H,34H2. The second kappa shape index (κ2) is 29.5. The third-order valence-electron chi connectivity index (χ3n) is 21.3. The molecule has 110 heavy (non-hydrogen) atoms. The van der Waals surface area contributed by atoms with Crippen LogP contribution in [0.3, 0.4) is 0 Å². The Labute approximate surface area is 640 Å². The lowest BCUT2D eigenvalue weighted by Gasteiger charge is -2.12. The molecule has 2 aliphatic rings. The van der Waals surface area contributed by atoms with Gasteiger partial charge >= 0.3 is 0 Å². The Hall–Kier alpha value is -14.5. The molecule has 2 heterocycles. The first-order chi connectivity index (χ1) is 54.5. The highest BCUT2D eigenvalue weighted by Crippen LogP contribution is 2.48. The summed E-state index contributed by atoms with van der Waals surface area (Å²) in [6, 6.07) is 141. The molecule has 2 aromatic heterocycles. The molecule has 0 radical (unpaired) electrons. The van der Waals surface area contributed by atoms with Crippen molar-refractivity contribution in [3.05, 3.63) is 423 Å². The topological polar surface area (TPSA) is 77.3 Å². The predicted molar refractivity (Wildman–Crippen MR) is 452 cm³/mol. The van der Waals surface area contributed by atoms with Crippen molar-refractivity contribution >= 4 is 0 Å². The molecule has 0 saturated carbocycles. The molecule has 516 valence electrons. The molecule has 2 aliphatic carbocycles. The normalized spacial score (nSPS) is 11.6. The van der Waals surface area contributed by atoms with Crippen molar-refractivity contribution in [2.45, 2.75) is 12.8 Å². The number of nitrogens with zero attached hydrogens (tertiary/aromatic N) is 6. The summed E-state index contributed by atoms with van der Waals surface area (Å²) in [6.45, 7) is 0. The van der Waals surface area contributed by atoms with Crippen LogP contribution in [0.15, 0.2) is 400 Å². The van der Waals surface area contributed by atoms with E-state index in [1.54, 1.807) is 0 Å². The van der Waals surface area contributed by atoms with Gasteiger partial charge in [-0.15, -0.1) is 0 Å². The van der Waals surface area contributed by atoms with Gasteiger partial charge in [0.15, 0.2) is 34.9 Å². The monoisotopic (exact) mass is 1400 g/mol. The van der Waals surface area contributed by atoms with Gasteiger partial charge in [0.25, 0.3) is 0 Å². The lowest BCUT2D eigenvalue weighted by molar-refractivity contribution is 1.07. The molecule has 6 nitrogen and oxygen atoms in total. The number of benzene rings is 16. The van der Waals surface area contributed by atoms with Crippen LogP contribution in [0, 0.1) is 0 Å². The maximum absolute atomic E-state index is 5.06. The molecule has 0 spiro atoms. The largest absolute Gasteiger partial charge is 0.208 e. The highest BCUT2D eigenvalue weighted by molar-refractivity contribution is 5.93. The van der Waals surface area contributed by atoms with Crippen molar-refractivity contribution < 1.29 is 0 Å². The Morgan fingerprint density at radius 1 is 0.118 bits per heavy atom. The number of aromatic nitrogens is 6. The van der Waals surface area contributed by atoms with Crippen LogP contribution in [-0.4, -0.2) is 29.9 Å². The molecule has 0 unspecified atom stereocenters. The molecular weight excluding hydrogens is 1330 g/mol. The molecule has 0 N–H and O–H groups in total. The highest BCUT2D eigenvalue weighted by Gasteiger charge is 2.27. The van der Waals surface area contributed by atoms with Crippen LogP contribution in [0.2, 0.25) is 0 Å². The van der Waals surface area contributed by atoms with Crippen LogP contribution in [0.5, 0.6) is 0 Å². The zero-order chi connectivity index (χ0) is 73.1. The molecule has 0 amide bonds. The summed E-state index contributed by atoms with van der Waals surface area (Å²) < 4.78 is 0. The van der Waals surface area contributed by atoms with Gasteiger partial charge in [0, 0.05) is 33.4 Å². The zero-order valence-corrected chi connectivity index (χ0v) is 60.2. The van der Waals surface area contributed by atoms with Crippen molar-refractivity contribution in [2.24, 2.45) is 0 Å². The third-order valence-corrected chi connectivity index (χ3v) is 21.3. The summed E-state index contributed by atoms with van der Waals surface area (Å²) in [4.78, 5) is 30.0. The molecule has 0 fully saturated rings. The smallest absolute Gasteiger partial charge is 0.164 e. The first-order valence-corrected chi connectivity index (χ1v) is 37.5. The number of hydrogen-bond acceptors (Lipinski definition) is 6. The van der Waals surface area contributed by atoms with Crippen LogP contribution >= 0.6 is 0 Å². The fraction of sp³-hybridized carbons (Fsp3) is 0.0192. The molecule has 0 bridgehead atoms. The van der Waals surface area contributed by atoms with Gasteiger partial charge in [-0.25, -0.2) is 29.9 Å². The summed E-state index contributed by atoms with van der Waals surface area (Å²) in [6.07, 6.45) is 1.77. The van der Waals surface area contributed by atoms with E-state index in [1.165, 1.54) is 117 Å². The van der Waals surface area contributed by atoms with Gasteiger partial charge in [-0.2, -0.15) is 0 Å². The van der Waals surface area contributed by atoms with E-state index in [9.17, 15) is 0 Å². The summed E-state index contributed by atoms with van der Waals surface area (Å²) in [5.74, 6) is 3.90. The number of hydrogen-bond donors (Lipinski definition) is 0. The van der Waals surface area contributed by atoms with E-state index in [0.29, 0.717) is 34.9 Å². The van der Waals surface area contributed by atoms with Gasteiger partial charge in [-0.3, -0.25) is 0 Å². The van der Waals surface area contributed by atoms with E-state index >= 15 is 0 Å². The maximum atomic E-state index is 5.06. The minimum Gasteiger partial charge on any atom is -0.208 e. The Balaban J connectivity index is 0.000000149. The van der Waals surface area contributed by atoms with E-state index in [0.717, 1.165) is 62.9 Å². The van der Waals surface area contributed by atoms with Crippen LogP contribution in [0.1, 0.15) is 22.3 Å². The van der Waals surface area contributed by atoms with Crippen molar-refractivity contribution in [3.8, 4) is 180 Å². The van der Waals surface area contributed by atoms with E-state index in [-0.39, 0.29) is 0 Å². The van der Waals surface area contributed by atoms with E-state index in [1.807, 2.05) is 72.8 Å². The van der Waals surface area contributed by atoms with Gasteiger partial charge in [0.2, 0.25) is 0 Å². The second-order valence-electron chi connectivity index (χ2n) is 28.0. The first-order valence-electron chi connectivity index (χ1n) is 37.5. The van der Waals surface area contributed by atoms with Crippen molar-refractivity contribution in [3.63, 3.8) is 0 Å². The fourth-order valence-electron chi connectivity index (χ4n) is 15.8. The molecule has 20 rings (SSSR count). The lowest BCUT2D eigenvalue weighted by Crippen LogP contribution is -2.00. The van der Waals surface area contributed by atoms with Crippen LogP contribution in [0.25, 0.3) is 180 Å². The van der Waals surface area contributed by atoms with E-state index in [2.05, 4.69) is 328 Å². The Bertz CT molecular complexity index is 6390. The molecule has 6 heteroatoms. The minimum absolute atomic E-state index is 0.647. The van der Waals surface area contributed by atoms with Gasteiger partial charge in [-0.1, -0.05) is 382 Å². The van der Waals surface area contributed by atoms with Gasteiger partial charge in [0.1, 0.15) is 0 Å². The second-order valence-corrected chi connectivity index (χ2v) is 28.0. The fourth-order valence-corrected chi connectivity index (χ4v) is 15.8. The lowest BCUT2D eigenvalue weighted by atomic mass is 9.93. The Kier molecular flexibility index (Phi) is 17.7. The van der Waals surface area contributed by atoms with Crippen molar-refractivity contribution in [1.82, 2.24) is 29.9 Å². The number of fused-ring (bicyclic) bond motifs is 6. The van der Waals surface area contributed by atoms with E-state index < -0.39 is 0 Å². The maximum Gasteiger partial charge on any atom is 0.164 e. The summed E-state index contributed by atoms with van der Waals surface area (Å²) in [5, 5.41) is 0. The molecular formula is C104H70N6. The third kappa shape index (κ3) is 13.3. The van der Waals surface area contributed by atoms with E-state index in [4.69, 9.17) is 29.9 Å². The minimum atomic E-state index is 0.647. The molecule has 0 saturated heterocycles. The molecule has 16 aromatic carbocycles. The van der Waals surface area contributed by atoms with Crippen LogP contribution in [-0.2, 0) is 12.8 Å². The molecule has 0 atom stereocenters. The summed E-state index contributed by atoms with van der Waals surface area (Å²) in [7, 11) is 0. The van der Waals surface area contributed by atoms with Crippen molar-refractivity contribution in [2.75, 3.05) is 0 Å². The Morgan fingerprint density at radius 2 is 0.291 bits per heavy atom. The quantitative estimate of drug-likeness (QED) is 0.108. The average Bonchev–Trinajstić information content (AvgIpc) is 1.60. The Morgan fingerprint density at radius 3 is 0.591 bits per heavy atom. The van der Waals surface area contributed by atoms with Crippen molar-refractivity contribution in [1.29, 1.82) is 0 Å². The summed E-state index contributed by atoms with van der Waals surface area (Å²) in [5.41, 5.74) is 35.9. The molecule has 0 aliphatic heterocycles. The molecule has 18 aromatic rings. The highest BCUT2D eigenvalue weighted by atomic mass is 15.0. The zero-order valence-electron chi connectivity index (χ0n) is 60.2. The number of rotatable bonds is 14. The SMILES string of the molecule is c1ccc(-c2ccc(-c3nc(-c4ccccc4)nc(-c4ccc(-c5cccc6c5Cc5c(-c7cccc(-c8ccccc8)c7)cccc5-6)cc4)n3)cc2)cc1.c1ccc(-c2cccc(-c3nc(-c4ccccc4)nc(-c4ccc(-c5cccc6c5Cc5c(-c7cccc(-c8ccccc8)c7)cccc5-6)cc4)n3)c2)cc1. The summed E-state index contributed by atoms with van der Waals surface area (Å²) >= 11 is 0. The predicted octanol–water partition coefficient (Wildman–Crippen LogP) is 26.2. The van der Waals surface area contributed by atoms with Gasteiger partial charge in [0.05, 0.1) is 0 Å².